The van der Waals surface area contributed by atoms with Crippen molar-refractivity contribution in [1.29, 1.82) is 0 Å². The molecule has 0 amide bonds. The maximum absolute atomic E-state index is 11.7. The van der Waals surface area contributed by atoms with Gasteiger partial charge in [-0.15, -0.1) is 0 Å². The summed E-state index contributed by atoms with van der Waals surface area (Å²) < 4.78 is 39.4. The molecule has 1 heterocycles. The molecule has 0 aromatic carbocycles. The van der Waals surface area contributed by atoms with E-state index in [4.69, 9.17) is 0 Å². The van der Waals surface area contributed by atoms with Gasteiger partial charge < -0.3 is 4.74 Å². The molecule has 0 atom stereocenters. The number of hydrogen-bond donors (Lipinski definition) is 0. The molecule has 15 heavy (non-hydrogen) atoms. The Morgan fingerprint density at radius 3 is 2.33 bits per heavy atom. The van der Waals surface area contributed by atoms with E-state index in [1.807, 2.05) is 0 Å². The highest BCUT2D eigenvalue weighted by Crippen LogP contribution is 2.15. The smallest absolute Gasteiger partial charge is 0.422 e. The third-order valence-corrected chi connectivity index (χ3v) is 1.40. The number of ether oxygens (including phenoxy) is 1. The zero-order valence-corrected chi connectivity index (χ0v) is 7.71. The Balaban J connectivity index is 2.61. The van der Waals surface area contributed by atoms with Crippen molar-refractivity contribution in [3.05, 3.63) is 18.0 Å². The lowest BCUT2D eigenvalue weighted by molar-refractivity contribution is -0.154. The van der Waals surface area contributed by atoms with Gasteiger partial charge in [-0.05, 0) is 6.92 Å². The van der Waals surface area contributed by atoms with Crippen LogP contribution in [-0.2, 0) is 0 Å². The predicted molar refractivity (Wildman–Crippen MR) is 43.6 cm³/mol. The minimum Gasteiger partial charge on any atom is -0.454 e. The van der Waals surface area contributed by atoms with Crippen LogP contribution < -0.4 is 4.74 Å². The lowest BCUT2D eigenvalue weighted by Gasteiger charge is -2.06. The van der Waals surface area contributed by atoms with Crippen LogP contribution >= 0.6 is 0 Å². The van der Waals surface area contributed by atoms with Crippen LogP contribution in [0.3, 0.4) is 0 Å². The molecule has 0 radical (unpaired) electrons. The molecule has 0 aliphatic rings. The second-order valence-corrected chi connectivity index (χ2v) is 2.71. The van der Waals surface area contributed by atoms with E-state index in [1.165, 1.54) is 6.92 Å². The summed E-state index contributed by atoms with van der Waals surface area (Å²) in [6, 6.07) is -0.405. The van der Waals surface area contributed by atoms with Crippen LogP contribution in [0.4, 0.5) is 13.2 Å². The number of ketones is 1. The summed E-state index contributed by atoms with van der Waals surface area (Å²) in [5, 5.41) is 0. The molecule has 4 nitrogen and oxygen atoms in total. The summed E-state index contributed by atoms with van der Waals surface area (Å²) in [5.74, 6) is -0.266. The molecule has 1 aromatic rings. The van der Waals surface area contributed by atoms with Gasteiger partial charge in [0.05, 0.1) is 5.56 Å². The summed E-state index contributed by atoms with van der Waals surface area (Å²) >= 11 is 0. The van der Waals surface area contributed by atoms with Crippen molar-refractivity contribution in [2.24, 2.45) is 0 Å². The molecule has 0 unspecified atom stereocenters. The Hall–Kier alpha value is -1.66. The van der Waals surface area contributed by atoms with Crippen molar-refractivity contribution >= 4 is 5.78 Å². The number of nitrogens with zero attached hydrogens (tertiary/aromatic N) is 2. The van der Waals surface area contributed by atoms with E-state index in [0.29, 0.717) is 0 Å². The molecule has 7 heteroatoms. The predicted octanol–water partition coefficient (Wildman–Crippen LogP) is 1.62. The Morgan fingerprint density at radius 2 is 1.93 bits per heavy atom. The Morgan fingerprint density at radius 1 is 1.40 bits per heavy atom. The molecule has 0 aliphatic carbocycles. The molecular formula is C8H7F3N2O2. The molecule has 0 bridgehead atoms. The Labute approximate surface area is 83.1 Å². The fraction of sp³-hybridized carbons (Fsp3) is 0.375. The SMILES string of the molecule is CC(=O)c1cnc(OCC(F)(F)F)nc1. The third kappa shape index (κ3) is 3.92. The van der Waals surface area contributed by atoms with E-state index in [-0.39, 0.29) is 11.3 Å². The molecule has 0 fully saturated rings. The molecule has 0 saturated heterocycles. The van der Waals surface area contributed by atoms with Crippen LogP contribution in [0.5, 0.6) is 6.01 Å². The number of Topliss-reactive ketones (excluding diaryl/α,β-unsaturated/α-hetero) is 1. The normalized spacial score (nSPS) is 11.2. The zero-order chi connectivity index (χ0) is 11.5. The second-order valence-electron chi connectivity index (χ2n) is 2.71. The molecule has 0 spiro atoms. The van der Waals surface area contributed by atoms with E-state index >= 15 is 0 Å². The fourth-order valence-corrected chi connectivity index (χ4v) is 0.719. The number of alkyl halides is 3. The van der Waals surface area contributed by atoms with Gasteiger partial charge in [-0.3, -0.25) is 4.79 Å². The van der Waals surface area contributed by atoms with Crippen molar-refractivity contribution in [2.45, 2.75) is 13.1 Å². The van der Waals surface area contributed by atoms with Crippen LogP contribution in [0.15, 0.2) is 12.4 Å². The van der Waals surface area contributed by atoms with Crippen molar-refractivity contribution in [2.75, 3.05) is 6.61 Å². The van der Waals surface area contributed by atoms with Gasteiger partial charge in [-0.1, -0.05) is 0 Å². The molecule has 82 valence electrons. The van der Waals surface area contributed by atoms with Gasteiger partial charge in [-0.2, -0.15) is 13.2 Å². The number of halogens is 3. The Kier molecular flexibility index (Phi) is 3.23. The fourth-order valence-electron chi connectivity index (χ4n) is 0.719. The molecule has 1 rings (SSSR count). The van der Waals surface area contributed by atoms with Crippen LogP contribution in [0.25, 0.3) is 0 Å². The average molecular weight is 220 g/mol. The lowest BCUT2D eigenvalue weighted by atomic mass is 10.2. The largest absolute Gasteiger partial charge is 0.454 e. The molecular weight excluding hydrogens is 213 g/mol. The minimum absolute atomic E-state index is 0.217. The van der Waals surface area contributed by atoms with Crippen LogP contribution in [0.1, 0.15) is 17.3 Å². The zero-order valence-electron chi connectivity index (χ0n) is 7.71. The van der Waals surface area contributed by atoms with E-state index < -0.39 is 18.8 Å². The first-order valence-electron chi connectivity index (χ1n) is 3.91. The van der Waals surface area contributed by atoms with E-state index in [1.54, 1.807) is 0 Å². The molecule has 0 aliphatic heterocycles. The van der Waals surface area contributed by atoms with Crippen molar-refractivity contribution < 1.29 is 22.7 Å². The highest BCUT2D eigenvalue weighted by molar-refractivity contribution is 5.93. The van der Waals surface area contributed by atoms with Crippen LogP contribution in [0.2, 0.25) is 0 Å². The quantitative estimate of drug-likeness (QED) is 0.726. The Bertz CT molecular complexity index is 348. The summed E-state index contributed by atoms with van der Waals surface area (Å²) in [7, 11) is 0. The lowest BCUT2D eigenvalue weighted by Crippen LogP contribution is -2.20. The summed E-state index contributed by atoms with van der Waals surface area (Å²) in [6.45, 7) is -0.151. The first-order chi connectivity index (χ1) is 6.88. The first kappa shape index (κ1) is 11.4. The van der Waals surface area contributed by atoms with E-state index in [0.717, 1.165) is 12.4 Å². The highest BCUT2D eigenvalue weighted by Gasteiger charge is 2.28. The number of rotatable bonds is 3. The van der Waals surface area contributed by atoms with Gasteiger partial charge in [0, 0.05) is 12.4 Å². The van der Waals surface area contributed by atoms with Gasteiger partial charge in [0.1, 0.15) is 0 Å². The van der Waals surface area contributed by atoms with Crippen molar-refractivity contribution in [3.8, 4) is 6.01 Å². The van der Waals surface area contributed by atoms with Gasteiger partial charge in [-0.25, -0.2) is 9.97 Å². The number of aromatic nitrogens is 2. The number of carbonyl (C=O) groups is 1. The van der Waals surface area contributed by atoms with Crippen LogP contribution in [-0.4, -0.2) is 28.5 Å². The van der Waals surface area contributed by atoms with Gasteiger partial charge in [0.15, 0.2) is 12.4 Å². The maximum atomic E-state index is 11.7. The topological polar surface area (TPSA) is 52.1 Å². The number of hydrogen-bond acceptors (Lipinski definition) is 4. The van der Waals surface area contributed by atoms with E-state index in [2.05, 4.69) is 14.7 Å². The molecule has 0 saturated carbocycles. The minimum atomic E-state index is -4.43. The highest BCUT2D eigenvalue weighted by atomic mass is 19.4. The summed E-state index contributed by atoms with van der Waals surface area (Å²) in [5.41, 5.74) is 0.217. The number of carbonyl (C=O) groups excluding carboxylic acids is 1. The van der Waals surface area contributed by atoms with Gasteiger partial charge in [0.25, 0.3) is 0 Å². The van der Waals surface area contributed by atoms with Crippen molar-refractivity contribution in [3.63, 3.8) is 0 Å². The third-order valence-electron chi connectivity index (χ3n) is 1.40. The van der Waals surface area contributed by atoms with Gasteiger partial charge in [0.2, 0.25) is 0 Å². The van der Waals surface area contributed by atoms with Crippen LogP contribution in [0, 0.1) is 0 Å². The van der Waals surface area contributed by atoms with Gasteiger partial charge >= 0.3 is 12.2 Å². The molecule has 1 aromatic heterocycles. The van der Waals surface area contributed by atoms with Crippen molar-refractivity contribution in [1.82, 2.24) is 9.97 Å². The monoisotopic (exact) mass is 220 g/mol. The first-order valence-corrected chi connectivity index (χ1v) is 3.91. The molecule has 0 N–H and O–H groups in total. The summed E-state index contributed by atoms with van der Waals surface area (Å²) in [6.07, 6.45) is -2.20. The maximum Gasteiger partial charge on any atom is 0.422 e. The standard InChI is InChI=1S/C8H7F3N2O2/c1-5(14)6-2-12-7(13-3-6)15-4-8(9,10)11/h2-3H,4H2,1H3. The summed E-state index contributed by atoms with van der Waals surface area (Å²) in [4.78, 5) is 17.7. The van der Waals surface area contributed by atoms with E-state index in [9.17, 15) is 18.0 Å². The second kappa shape index (κ2) is 4.24. The average Bonchev–Trinajstić information content (AvgIpc) is 2.14.